The van der Waals surface area contributed by atoms with Crippen LogP contribution < -0.4 is 5.32 Å². The standard InChI is InChI=1S/C16H26N2O2/c1-12(2)14-8-6-7-9-15(14)17-13(3)16(19)20-11-10-18(4)5/h6-9,12-13,17H,10-11H2,1-5H3/t13-/m0/s1. The smallest absolute Gasteiger partial charge is 0.328 e. The number of rotatable bonds is 7. The van der Waals surface area contributed by atoms with Crippen LogP contribution in [0.5, 0.6) is 0 Å². The summed E-state index contributed by atoms with van der Waals surface area (Å²) >= 11 is 0. The van der Waals surface area contributed by atoms with Crippen molar-refractivity contribution in [3.63, 3.8) is 0 Å². The van der Waals surface area contributed by atoms with Gasteiger partial charge in [0.15, 0.2) is 0 Å². The molecule has 0 unspecified atom stereocenters. The van der Waals surface area contributed by atoms with Crippen LogP contribution in [-0.2, 0) is 9.53 Å². The van der Waals surface area contributed by atoms with Gasteiger partial charge in [0.2, 0.25) is 0 Å². The molecule has 0 heterocycles. The van der Waals surface area contributed by atoms with Gasteiger partial charge in [-0.2, -0.15) is 0 Å². The first-order valence-electron chi connectivity index (χ1n) is 7.08. The molecule has 1 aromatic rings. The number of ether oxygens (including phenoxy) is 1. The Morgan fingerprint density at radius 3 is 2.50 bits per heavy atom. The van der Waals surface area contributed by atoms with Gasteiger partial charge in [-0.25, -0.2) is 4.79 Å². The SMILES string of the molecule is CC(C)c1ccccc1N[C@@H](C)C(=O)OCCN(C)C. The highest BCUT2D eigenvalue weighted by Gasteiger charge is 2.16. The summed E-state index contributed by atoms with van der Waals surface area (Å²) in [6.45, 7) is 7.26. The van der Waals surface area contributed by atoms with Gasteiger partial charge in [-0.15, -0.1) is 0 Å². The van der Waals surface area contributed by atoms with Crippen LogP contribution in [0.4, 0.5) is 5.69 Å². The minimum absolute atomic E-state index is 0.217. The number of likely N-dealkylation sites (N-methyl/N-ethyl adjacent to an activating group) is 1. The minimum Gasteiger partial charge on any atom is -0.463 e. The highest BCUT2D eigenvalue weighted by atomic mass is 16.5. The van der Waals surface area contributed by atoms with Crippen molar-refractivity contribution in [3.05, 3.63) is 29.8 Å². The van der Waals surface area contributed by atoms with E-state index < -0.39 is 0 Å². The first kappa shape index (κ1) is 16.5. The van der Waals surface area contributed by atoms with Gasteiger partial charge in [0.05, 0.1) is 0 Å². The molecule has 0 saturated heterocycles. The summed E-state index contributed by atoms with van der Waals surface area (Å²) in [6.07, 6.45) is 0. The molecule has 0 radical (unpaired) electrons. The van der Waals surface area contributed by atoms with E-state index >= 15 is 0 Å². The van der Waals surface area contributed by atoms with E-state index in [1.165, 1.54) is 5.56 Å². The Hall–Kier alpha value is -1.55. The quantitative estimate of drug-likeness (QED) is 0.779. The Balaban J connectivity index is 2.57. The molecule has 4 nitrogen and oxygen atoms in total. The lowest BCUT2D eigenvalue weighted by molar-refractivity contribution is -0.144. The first-order chi connectivity index (χ1) is 9.41. The molecule has 4 heteroatoms. The zero-order valence-corrected chi connectivity index (χ0v) is 13.1. The molecule has 1 aromatic carbocycles. The summed E-state index contributed by atoms with van der Waals surface area (Å²) in [7, 11) is 3.91. The average molecular weight is 278 g/mol. The molecule has 0 amide bonds. The molecule has 20 heavy (non-hydrogen) atoms. The van der Waals surface area contributed by atoms with E-state index in [9.17, 15) is 4.79 Å². The van der Waals surface area contributed by atoms with Gasteiger partial charge in [0, 0.05) is 12.2 Å². The normalized spacial score (nSPS) is 12.6. The van der Waals surface area contributed by atoms with Crippen LogP contribution in [0.25, 0.3) is 0 Å². The van der Waals surface area contributed by atoms with E-state index in [0.29, 0.717) is 12.5 Å². The summed E-state index contributed by atoms with van der Waals surface area (Å²) in [5.41, 5.74) is 2.21. The van der Waals surface area contributed by atoms with Crippen LogP contribution in [0.15, 0.2) is 24.3 Å². The zero-order chi connectivity index (χ0) is 15.1. The molecule has 0 aliphatic carbocycles. The van der Waals surface area contributed by atoms with Crippen LogP contribution in [0.1, 0.15) is 32.3 Å². The molecular formula is C16H26N2O2. The van der Waals surface area contributed by atoms with Crippen molar-refractivity contribution >= 4 is 11.7 Å². The van der Waals surface area contributed by atoms with E-state index in [-0.39, 0.29) is 12.0 Å². The monoisotopic (exact) mass is 278 g/mol. The van der Waals surface area contributed by atoms with Crippen molar-refractivity contribution in [2.24, 2.45) is 0 Å². The molecule has 0 fully saturated rings. The zero-order valence-electron chi connectivity index (χ0n) is 13.1. The van der Waals surface area contributed by atoms with Crippen LogP contribution in [0.3, 0.4) is 0 Å². The Morgan fingerprint density at radius 2 is 1.90 bits per heavy atom. The maximum atomic E-state index is 11.9. The van der Waals surface area contributed by atoms with Crippen LogP contribution in [-0.4, -0.2) is 44.2 Å². The second-order valence-corrected chi connectivity index (χ2v) is 5.58. The summed E-state index contributed by atoms with van der Waals surface area (Å²) in [4.78, 5) is 13.9. The van der Waals surface area contributed by atoms with Gasteiger partial charge in [-0.3, -0.25) is 0 Å². The molecular weight excluding hydrogens is 252 g/mol. The summed E-state index contributed by atoms with van der Waals surface area (Å²) < 4.78 is 5.24. The lowest BCUT2D eigenvalue weighted by atomic mass is 10.0. The molecule has 0 saturated carbocycles. The van der Waals surface area contributed by atoms with Gasteiger partial charge in [-0.05, 0) is 38.6 Å². The lowest BCUT2D eigenvalue weighted by Gasteiger charge is -2.19. The highest BCUT2D eigenvalue weighted by Crippen LogP contribution is 2.24. The van der Waals surface area contributed by atoms with Crippen LogP contribution in [0, 0.1) is 0 Å². The van der Waals surface area contributed by atoms with E-state index in [2.05, 4.69) is 25.2 Å². The molecule has 0 bridgehead atoms. The molecule has 112 valence electrons. The van der Waals surface area contributed by atoms with Gasteiger partial charge < -0.3 is 15.0 Å². The van der Waals surface area contributed by atoms with Crippen molar-refractivity contribution in [1.29, 1.82) is 0 Å². The molecule has 1 N–H and O–H groups in total. The van der Waals surface area contributed by atoms with Gasteiger partial charge in [0.25, 0.3) is 0 Å². The predicted octanol–water partition coefficient (Wildman–Crippen LogP) is 2.72. The maximum absolute atomic E-state index is 11.9. The van der Waals surface area contributed by atoms with E-state index in [4.69, 9.17) is 4.74 Å². The van der Waals surface area contributed by atoms with Crippen LogP contribution in [0.2, 0.25) is 0 Å². The number of nitrogens with zero attached hydrogens (tertiary/aromatic N) is 1. The van der Waals surface area contributed by atoms with E-state index in [1.807, 2.05) is 44.1 Å². The second kappa shape index (κ2) is 7.90. The van der Waals surface area contributed by atoms with Crippen molar-refractivity contribution < 1.29 is 9.53 Å². The molecule has 1 atom stereocenters. The number of carbonyl (C=O) groups is 1. The molecule has 1 rings (SSSR count). The Bertz CT molecular complexity index is 430. The Labute approximate surface area is 122 Å². The fourth-order valence-corrected chi connectivity index (χ4v) is 1.88. The average Bonchev–Trinajstić information content (AvgIpc) is 2.38. The molecule has 0 aliphatic rings. The Kier molecular flexibility index (Phi) is 6.52. The molecule has 0 aliphatic heterocycles. The fourth-order valence-electron chi connectivity index (χ4n) is 1.88. The van der Waals surface area contributed by atoms with Crippen molar-refractivity contribution in [1.82, 2.24) is 4.90 Å². The third-order valence-corrected chi connectivity index (χ3v) is 3.09. The Morgan fingerprint density at radius 1 is 1.25 bits per heavy atom. The maximum Gasteiger partial charge on any atom is 0.328 e. The van der Waals surface area contributed by atoms with Crippen molar-refractivity contribution in [3.8, 4) is 0 Å². The minimum atomic E-state index is -0.350. The third-order valence-electron chi connectivity index (χ3n) is 3.09. The number of para-hydroxylation sites is 1. The molecule has 0 spiro atoms. The topological polar surface area (TPSA) is 41.6 Å². The van der Waals surface area contributed by atoms with Crippen LogP contribution >= 0.6 is 0 Å². The lowest BCUT2D eigenvalue weighted by Crippen LogP contribution is -2.30. The summed E-state index contributed by atoms with van der Waals surface area (Å²) in [5, 5.41) is 3.24. The van der Waals surface area contributed by atoms with Gasteiger partial charge >= 0.3 is 5.97 Å². The number of hydrogen-bond donors (Lipinski definition) is 1. The summed E-state index contributed by atoms with van der Waals surface area (Å²) in [5.74, 6) is 0.195. The largest absolute Gasteiger partial charge is 0.463 e. The number of benzene rings is 1. The predicted molar refractivity (Wildman–Crippen MR) is 83.1 cm³/mol. The fraction of sp³-hybridized carbons (Fsp3) is 0.562. The number of nitrogens with one attached hydrogen (secondary N) is 1. The number of carbonyl (C=O) groups excluding carboxylic acids is 1. The number of esters is 1. The third kappa shape index (κ3) is 5.21. The van der Waals surface area contributed by atoms with Crippen molar-refractivity contribution in [2.45, 2.75) is 32.7 Å². The van der Waals surface area contributed by atoms with E-state index in [1.54, 1.807) is 0 Å². The second-order valence-electron chi connectivity index (χ2n) is 5.58. The van der Waals surface area contributed by atoms with Gasteiger partial charge in [0.1, 0.15) is 12.6 Å². The summed E-state index contributed by atoms with van der Waals surface area (Å²) in [6, 6.07) is 7.71. The highest BCUT2D eigenvalue weighted by molar-refractivity contribution is 5.79. The van der Waals surface area contributed by atoms with Gasteiger partial charge in [-0.1, -0.05) is 32.0 Å². The molecule has 0 aromatic heterocycles. The first-order valence-corrected chi connectivity index (χ1v) is 7.08. The van der Waals surface area contributed by atoms with E-state index in [0.717, 1.165) is 12.2 Å². The number of anilines is 1. The number of hydrogen-bond acceptors (Lipinski definition) is 4. The van der Waals surface area contributed by atoms with Crippen molar-refractivity contribution in [2.75, 3.05) is 32.6 Å².